The Kier molecular flexibility index (Phi) is 7.17. The van der Waals surface area contributed by atoms with Crippen molar-refractivity contribution < 1.29 is 28.6 Å². The minimum atomic E-state index is -0.693. The molecule has 0 fully saturated rings. The van der Waals surface area contributed by atoms with Gasteiger partial charge in [-0.25, -0.2) is 4.79 Å². The molecule has 0 aromatic heterocycles. The molecule has 0 unspecified atom stereocenters. The number of hydrogen-bond acceptors (Lipinski definition) is 6. The lowest BCUT2D eigenvalue weighted by atomic mass is 10.2. The van der Waals surface area contributed by atoms with Crippen molar-refractivity contribution in [1.29, 1.82) is 0 Å². The van der Waals surface area contributed by atoms with Gasteiger partial charge in [0.15, 0.2) is 24.7 Å². The number of amides is 1. The molecule has 0 bridgehead atoms. The van der Waals surface area contributed by atoms with Crippen LogP contribution in [0.15, 0.2) is 48.5 Å². The summed E-state index contributed by atoms with van der Waals surface area (Å²) in [6.45, 7) is -0.424. The molecule has 7 heteroatoms. The third-order valence-electron chi connectivity index (χ3n) is 3.37. The molecule has 0 spiro atoms. The SMILES string of the molecule is COc1cc(C=O)ccc1OCC(=O)OCC(=O)NCc1ccccc1. The summed E-state index contributed by atoms with van der Waals surface area (Å²) >= 11 is 0. The van der Waals surface area contributed by atoms with Crippen LogP contribution >= 0.6 is 0 Å². The Hall–Kier alpha value is -3.35. The van der Waals surface area contributed by atoms with Crippen LogP contribution in [0.1, 0.15) is 15.9 Å². The van der Waals surface area contributed by atoms with Crippen LogP contribution in [0.4, 0.5) is 0 Å². The minimum Gasteiger partial charge on any atom is -0.493 e. The lowest BCUT2D eigenvalue weighted by molar-refractivity contribution is -0.150. The Morgan fingerprint density at radius 2 is 1.81 bits per heavy atom. The number of benzene rings is 2. The molecule has 0 aliphatic rings. The van der Waals surface area contributed by atoms with Crippen molar-refractivity contribution in [2.45, 2.75) is 6.54 Å². The monoisotopic (exact) mass is 357 g/mol. The van der Waals surface area contributed by atoms with E-state index in [9.17, 15) is 14.4 Å². The highest BCUT2D eigenvalue weighted by molar-refractivity contribution is 5.81. The highest BCUT2D eigenvalue weighted by Gasteiger charge is 2.11. The zero-order valence-electron chi connectivity index (χ0n) is 14.3. The van der Waals surface area contributed by atoms with E-state index in [2.05, 4.69) is 5.32 Å². The lowest BCUT2D eigenvalue weighted by Gasteiger charge is -2.11. The van der Waals surface area contributed by atoms with E-state index in [-0.39, 0.29) is 6.61 Å². The van der Waals surface area contributed by atoms with Crippen LogP contribution in [0.5, 0.6) is 11.5 Å². The zero-order chi connectivity index (χ0) is 18.8. The zero-order valence-corrected chi connectivity index (χ0v) is 14.3. The van der Waals surface area contributed by atoms with Gasteiger partial charge in [-0.15, -0.1) is 0 Å². The number of nitrogens with one attached hydrogen (secondary N) is 1. The highest BCUT2D eigenvalue weighted by atomic mass is 16.6. The Balaban J connectivity index is 1.73. The van der Waals surface area contributed by atoms with E-state index in [0.717, 1.165) is 5.56 Å². The molecule has 7 nitrogen and oxygen atoms in total. The first-order valence-electron chi connectivity index (χ1n) is 7.84. The molecule has 0 saturated heterocycles. The highest BCUT2D eigenvalue weighted by Crippen LogP contribution is 2.27. The average molecular weight is 357 g/mol. The van der Waals surface area contributed by atoms with Crippen LogP contribution in [0.2, 0.25) is 0 Å². The van der Waals surface area contributed by atoms with E-state index in [1.807, 2.05) is 30.3 Å². The van der Waals surface area contributed by atoms with Gasteiger partial charge in [0.05, 0.1) is 7.11 Å². The number of aldehydes is 1. The molecular formula is C19H19NO6. The van der Waals surface area contributed by atoms with E-state index >= 15 is 0 Å². The molecular weight excluding hydrogens is 338 g/mol. The van der Waals surface area contributed by atoms with E-state index in [0.29, 0.717) is 29.9 Å². The largest absolute Gasteiger partial charge is 0.493 e. The smallest absolute Gasteiger partial charge is 0.344 e. The van der Waals surface area contributed by atoms with Gasteiger partial charge in [-0.3, -0.25) is 9.59 Å². The van der Waals surface area contributed by atoms with Crippen LogP contribution in [0, 0.1) is 0 Å². The van der Waals surface area contributed by atoms with Gasteiger partial charge in [-0.05, 0) is 23.8 Å². The molecule has 2 aromatic carbocycles. The number of carbonyl (C=O) groups excluding carboxylic acids is 3. The van der Waals surface area contributed by atoms with Crippen LogP contribution in [0.3, 0.4) is 0 Å². The quantitative estimate of drug-likeness (QED) is 0.543. The molecule has 0 saturated carbocycles. The number of esters is 1. The standard InChI is InChI=1S/C19H19NO6/c1-24-17-9-15(11-21)7-8-16(17)25-13-19(23)26-12-18(22)20-10-14-5-3-2-4-6-14/h2-9,11H,10,12-13H2,1H3,(H,20,22). The number of carbonyl (C=O) groups is 3. The Bertz CT molecular complexity index is 760. The van der Waals surface area contributed by atoms with Gasteiger partial charge in [0.2, 0.25) is 0 Å². The van der Waals surface area contributed by atoms with Gasteiger partial charge in [-0.2, -0.15) is 0 Å². The molecule has 136 valence electrons. The third-order valence-corrected chi connectivity index (χ3v) is 3.37. The molecule has 26 heavy (non-hydrogen) atoms. The fourth-order valence-corrected chi connectivity index (χ4v) is 2.05. The van der Waals surface area contributed by atoms with Crippen LogP contribution in [-0.2, 0) is 20.9 Å². The molecule has 0 atom stereocenters. The normalized spacial score (nSPS) is 9.88. The summed E-state index contributed by atoms with van der Waals surface area (Å²) in [5.74, 6) is -0.483. The Morgan fingerprint density at radius 1 is 1.04 bits per heavy atom. The van der Waals surface area contributed by atoms with Crippen molar-refractivity contribution in [1.82, 2.24) is 5.32 Å². The van der Waals surface area contributed by atoms with Gasteiger partial charge < -0.3 is 19.5 Å². The maximum Gasteiger partial charge on any atom is 0.344 e. The Labute approximate surface area is 150 Å². The number of ether oxygens (including phenoxy) is 3. The first kappa shape index (κ1) is 19.0. The van der Waals surface area contributed by atoms with Crippen molar-refractivity contribution >= 4 is 18.2 Å². The summed E-state index contributed by atoms with van der Waals surface area (Å²) in [5.41, 5.74) is 1.37. The second-order valence-electron chi connectivity index (χ2n) is 5.24. The van der Waals surface area contributed by atoms with Crippen molar-refractivity contribution in [2.24, 2.45) is 0 Å². The second-order valence-corrected chi connectivity index (χ2v) is 5.24. The fourth-order valence-electron chi connectivity index (χ4n) is 2.05. The van der Waals surface area contributed by atoms with E-state index in [1.54, 1.807) is 0 Å². The van der Waals surface area contributed by atoms with Gasteiger partial charge in [0, 0.05) is 12.1 Å². The summed E-state index contributed by atoms with van der Waals surface area (Å²) in [6.07, 6.45) is 0.675. The molecule has 0 radical (unpaired) electrons. The summed E-state index contributed by atoms with van der Waals surface area (Å²) in [4.78, 5) is 34.1. The van der Waals surface area contributed by atoms with Crippen LogP contribution < -0.4 is 14.8 Å². The molecule has 2 rings (SSSR count). The number of methoxy groups -OCH3 is 1. The van der Waals surface area contributed by atoms with Crippen molar-refractivity contribution in [3.8, 4) is 11.5 Å². The van der Waals surface area contributed by atoms with E-state index in [4.69, 9.17) is 14.2 Å². The molecule has 0 aliphatic carbocycles. The van der Waals surface area contributed by atoms with Crippen molar-refractivity contribution in [2.75, 3.05) is 20.3 Å². The number of hydrogen-bond donors (Lipinski definition) is 1. The van der Waals surface area contributed by atoms with Gasteiger partial charge in [-0.1, -0.05) is 30.3 Å². The lowest BCUT2D eigenvalue weighted by Crippen LogP contribution is -2.29. The minimum absolute atomic E-state index is 0.295. The summed E-state index contributed by atoms with van der Waals surface area (Å²) in [6, 6.07) is 13.9. The summed E-state index contributed by atoms with van der Waals surface area (Å²) in [5, 5.41) is 2.65. The van der Waals surface area contributed by atoms with Gasteiger partial charge in [0.1, 0.15) is 6.29 Å². The van der Waals surface area contributed by atoms with Crippen molar-refractivity contribution in [3.63, 3.8) is 0 Å². The van der Waals surface area contributed by atoms with Crippen LogP contribution in [-0.4, -0.2) is 38.5 Å². The van der Waals surface area contributed by atoms with Gasteiger partial charge >= 0.3 is 5.97 Å². The molecule has 1 N–H and O–H groups in total. The van der Waals surface area contributed by atoms with E-state index in [1.165, 1.54) is 25.3 Å². The third kappa shape index (κ3) is 5.94. The fraction of sp³-hybridized carbons (Fsp3) is 0.211. The van der Waals surface area contributed by atoms with E-state index < -0.39 is 18.5 Å². The number of rotatable bonds is 9. The first-order chi connectivity index (χ1) is 12.6. The van der Waals surface area contributed by atoms with Crippen molar-refractivity contribution in [3.05, 3.63) is 59.7 Å². The first-order valence-corrected chi connectivity index (χ1v) is 7.84. The summed E-state index contributed by atoms with van der Waals surface area (Å²) in [7, 11) is 1.42. The molecule has 0 heterocycles. The molecule has 0 aliphatic heterocycles. The molecule has 2 aromatic rings. The van der Waals surface area contributed by atoms with Crippen LogP contribution in [0.25, 0.3) is 0 Å². The molecule has 1 amide bonds. The predicted octanol–water partition coefficient (Wildman–Crippen LogP) is 1.75. The second kappa shape index (κ2) is 9.83. The predicted molar refractivity (Wildman–Crippen MR) is 93.1 cm³/mol. The average Bonchev–Trinajstić information content (AvgIpc) is 2.69. The topological polar surface area (TPSA) is 90.9 Å². The Morgan fingerprint density at radius 3 is 2.50 bits per heavy atom. The summed E-state index contributed by atoms with van der Waals surface area (Å²) < 4.78 is 15.3. The maximum absolute atomic E-state index is 11.7. The van der Waals surface area contributed by atoms with Gasteiger partial charge in [0.25, 0.3) is 5.91 Å². The maximum atomic E-state index is 11.7.